The van der Waals surface area contributed by atoms with Gasteiger partial charge in [-0.1, -0.05) is 60.2 Å². The van der Waals surface area contributed by atoms with Gasteiger partial charge in [-0.05, 0) is 37.6 Å². The molecule has 0 spiro atoms. The molecule has 140 valence electrons. The Morgan fingerprint density at radius 2 is 1.46 bits per heavy atom. The van der Waals surface area contributed by atoms with E-state index in [2.05, 4.69) is 9.97 Å². The Morgan fingerprint density at radius 1 is 0.786 bits per heavy atom. The molecular weight excluding hydrogens is 368 g/mol. The molecule has 0 amide bonds. The SMILES string of the molecule is Cc1ccc(S(=O)(=O)Cc2nc(-c3ccccc3C)c3ccccc3n2)cc1. The molecule has 1 heterocycles. The zero-order valence-electron chi connectivity index (χ0n) is 15.8. The van der Waals surface area contributed by atoms with Gasteiger partial charge in [0, 0.05) is 10.9 Å². The number of hydrogen-bond donors (Lipinski definition) is 0. The van der Waals surface area contributed by atoms with Gasteiger partial charge < -0.3 is 0 Å². The van der Waals surface area contributed by atoms with Crippen LogP contribution in [0.15, 0.2) is 77.7 Å². The monoisotopic (exact) mass is 388 g/mol. The zero-order valence-corrected chi connectivity index (χ0v) is 16.6. The van der Waals surface area contributed by atoms with Crippen LogP contribution in [0.1, 0.15) is 17.0 Å². The van der Waals surface area contributed by atoms with Crippen molar-refractivity contribution in [2.75, 3.05) is 0 Å². The van der Waals surface area contributed by atoms with Crippen LogP contribution in [0.2, 0.25) is 0 Å². The maximum absolute atomic E-state index is 12.9. The number of aromatic nitrogens is 2. The Labute approximate surface area is 164 Å². The molecule has 0 bridgehead atoms. The van der Waals surface area contributed by atoms with E-state index < -0.39 is 9.84 Å². The van der Waals surface area contributed by atoms with E-state index in [1.54, 1.807) is 24.3 Å². The highest BCUT2D eigenvalue weighted by Crippen LogP contribution is 2.29. The van der Waals surface area contributed by atoms with Gasteiger partial charge >= 0.3 is 0 Å². The molecule has 0 saturated carbocycles. The molecule has 0 N–H and O–H groups in total. The van der Waals surface area contributed by atoms with Gasteiger partial charge in [-0.2, -0.15) is 0 Å². The number of benzene rings is 3. The van der Waals surface area contributed by atoms with Gasteiger partial charge in [0.05, 0.1) is 16.1 Å². The lowest BCUT2D eigenvalue weighted by Gasteiger charge is -2.11. The van der Waals surface area contributed by atoms with Crippen LogP contribution in [0, 0.1) is 13.8 Å². The number of sulfone groups is 1. The molecular formula is C23H20N2O2S. The van der Waals surface area contributed by atoms with Crippen molar-refractivity contribution in [1.29, 1.82) is 0 Å². The summed E-state index contributed by atoms with van der Waals surface area (Å²) in [7, 11) is -3.53. The van der Waals surface area contributed by atoms with E-state index in [1.807, 2.05) is 62.4 Å². The topological polar surface area (TPSA) is 59.9 Å². The first-order chi connectivity index (χ1) is 13.4. The first-order valence-corrected chi connectivity index (χ1v) is 10.7. The molecule has 0 radical (unpaired) electrons. The average molecular weight is 388 g/mol. The minimum Gasteiger partial charge on any atom is -0.232 e. The minimum atomic E-state index is -3.53. The van der Waals surface area contributed by atoms with Crippen molar-refractivity contribution < 1.29 is 8.42 Å². The van der Waals surface area contributed by atoms with Crippen molar-refractivity contribution in [3.63, 3.8) is 0 Å². The molecule has 0 aliphatic rings. The fourth-order valence-corrected chi connectivity index (χ4v) is 4.42. The van der Waals surface area contributed by atoms with Crippen LogP contribution in [0.25, 0.3) is 22.2 Å². The summed E-state index contributed by atoms with van der Waals surface area (Å²) in [4.78, 5) is 9.48. The van der Waals surface area contributed by atoms with Gasteiger partial charge in [0.15, 0.2) is 9.84 Å². The first-order valence-electron chi connectivity index (χ1n) is 9.05. The molecule has 1 aromatic heterocycles. The molecule has 0 unspecified atom stereocenters. The summed E-state index contributed by atoms with van der Waals surface area (Å²) in [5, 5.41) is 0.910. The van der Waals surface area contributed by atoms with Crippen LogP contribution in [0.3, 0.4) is 0 Å². The van der Waals surface area contributed by atoms with Crippen molar-refractivity contribution in [3.05, 3.63) is 89.7 Å². The molecule has 0 atom stereocenters. The highest BCUT2D eigenvalue weighted by molar-refractivity contribution is 7.90. The van der Waals surface area contributed by atoms with Crippen LogP contribution < -0.4 is 0 Å². The van der Waals surface area contributed by atoms with E-state index in [0.717, 1.165) is 33.3 Å². The molecule has 4 rings (SSSR count). The zero-order chi connectivity index (χ0) is 19.7. The number of para-hydroxylation sites is 1. The van der Waals surface area contributed by atoms with Gasteiger partial charge in [0.25, 0.3) is 0 Å². The fourth-order valence-electron chi connectivity index (χ4n) is 3.23. The highest BCUT2D eigenvalue weighted by atomic mass is 32.2. The standard InChI is InChI=1S/C23H20N2O2S/c1-16-11-13-18(14-12-16)28(26,27)15-22-24-21-10-6-5-9-20(21)23(25-22)19-8-4-3-7-17(19)2/h3-14H,15H2,1-2H3. The molecule has 0 saturated heterocycles. The van der Waals surface area contributed by atoms with Gasteiger partial charge in [-0.15, -0.1) is 0 Å². The number of nitrogens with zero attached hydrogens (tertiary/aromatic N) is 2. The number of rotatable bonds is 4. The van der Waals surface area contributed by atoms with Gasteiger partial charge in [-0.25, -0.2) is 18.4 Å². The third-order valence-electron chi connectivity index (χ3n) is 4.75. The largest absolute Gasteiger partial charge is 0.232 e. The molecule has 5 heteroatoms. The summed E-state index contributed by atoms with van der Waals surface area (Å²) in [6.45, 7) is 3.95. The number of fused-ring (bicyclic) bond motifs is 1. The van der Waals surface area contributed by atoms with Crippen molar-refractivity contribution >= 4 is 20.7 Å². The Hall–Kier alpha value is -3.05. The third-order valence-corrected chi connectivity index (χ3v) is 6.38. The van der Waals surface area contributed by atoms with Gasteiger partial charge in [0.2, 0.25) is 0 Å². The van der Waals surface area contributed by atoms with Crippen LogP contribution in [-0.2, 0) is 15.6 Å². The highest BCUT2D eigenvalue weighted by Gasteiger charge is 2.19. The second-order valence-electron chi connectivity index (χ2n) is 6.89. The van der Waals surface area contributed by atoms with Crippen LogP contribution in [0.4, 0.5) is 0 Å². The minimum absolute atomic E-state index is 0.236. The predicted octanol–water partition coefficient (Wildman–Crippen LogP) is 4.89. The summed E-state index contributed by atoms with van der Waals surface area (Å²) in [5.41, 5.74) is 4.58. The van der Waals surface area contributed by atoms with Crippen LogP contribution >= 0.6 is 0 Å². The fraction of sp³-hybridized carbons (Fsp3) is 0.130. The molecule has 0 aliphatic heterocycles. The summed E-state index contributed by atoms with van der Waals surface area (Å²) < 4.78 is 25.8. The molecule has 0 aliphatic carbocycles. The number of hydrogen-bond acceptors (Lipinski definition) is 4. The molecule has 3 aromatic carbocycles. The van der Waals surface area contributed by atoms with Crippen molar-refractivity contribution in [2.24, 2.45) is 0 Å². The average Bonchev–Trinajstić information content (AvgIpc) is 2.68. The van der Waals surface area contributed by atoms with E-state index in [4.69, 9.17) is 0 Å². The van der Waals surface area contributed by atoms with E-state index in [9.17, 15) is 8.42 Å². The lowest BCUT2D eigenvalue weighted by atomic mass is 10.0. The second-order valence-corrected chi connectivity index (χ2v) is 8.88. The van der Waals surface area contributed by atoms with Crippen molar-refractivity contribution in [1.82, 2.24) is 9.97 Å². The van der Waals surface area contributed by atoms with Gasteiger partial charge in [-0.3, -0.25) is 0 Å². The Balaban J connectivity index is 1.85. The lowest BCUT2D eigenvalue weighted by Crippen LogP contribution is -2.09. The Kier molecular flexibility index (Phi) is 4.69. The Bertz CT molecular complexity index is 1260. The van der Waals surface area contributed by atoms with E-state index in [0.29, 0.717) is 5.82 Å². The smallest absolute Gasteiger partial charge is 0.185 e. The molecule has 4 nitrogen and oxygen atoms in total. The van der Waals surface area contributed by atoms with E-state index in [-0.39, 0.29) is 10.6 Å². The van der Waals surface area contributed by atoms with E-state index >= 15 is 0 Å². The van der Waals surface area contributed by atoms with Crippen molar-refractivity contribution in [2.45, 2.75) is 24.5 Å². The van der Waals surface area contributed by atoms with Crippen molar-refractivity contribution in [3.8, 4) is 11.3 Å². The second kappa shape index (κ2) is 7.17. The predicted molar refractivity (Wildman–Crippen MR) is 112 cm³/mol. The van der Waals surface area contributed by atoms with Gasteiger partial charge in [0.1, 0.15) is 11.6 Å². The van der Waals surface area contributed by atoms with Crippen LogP contribution in [-0.4, -0.2) is 18.4 Å². The van der Waals surface area contributed by atoms with Crippen LogP contribution in [0.5, 0.6) is 0 Å². The summed E-state index contributed by atoms with van der Waals surface area (Å²) >= 11 is 0. The summed E-state index contributed by atoms with van der Waals surface area (Å²) in [6, 6.07) is 22.5. The molecule has 0 fully saturated rings. The first kappa shape index (κ1) is 18.3. The quantitative estimate of drug-likeness (QED) is 0.499. The summed E-state index contributed by atoms with van der Waals surface area (Å²) in [6.07, 6.45) is 0. The number of aryl methyl sites for hydroxylation is 2. The molecule has 28 heavy (non-hydrogen) atoms. The maximum Gasteiger partial charge on any atom is 0.185 e. The summed E-state index contributed by atoms with van der Waals surface area (Å²) in [5.74, 6) is 0.0669. The molecule has 4 aromatic rings. The Morgan fingerprint density at radius 3 is 2.21 bits per heavy atom. The lowest BCUT2D eigenvalue weighted by molar-refractivity contribution is 0.594. The maximum atomic E-state index is 12.9. The van der Waals surface area contributed by atoms with E-state index in [1.165, 1.54) is 0 Å². The normalized spacial score (nSPS) is 11.6. The third kappa shape index (κ3) is 3.53.